The molecule has 2 aromatic carbocycles. The molecule has 1 amide bonds. The van der Waals surface area contributed by atoms with Gasteiger partial charge in [0.25, 0.3) is 5.91 Å². The van der Waals surface area contributed by atoms with Gasteiger partial charge in [-0.05, 0) is 49.2 Å². The van der Waals surface area contributed by atoms with E-state index in [1.165, 1.54) is 0 Å². The summed E-state index contributed by atoms with van der Waals surface area (Å²) in [6, 6.07) is 14.3. The molecule has 0 aromatic heterocycles. The molecule has 0 atom stereocenters. The molecule has 0 bridgehead atoms. The minimum absolute atomic E-state index is 0.145. The van der Waals surface area contributed by atoms with Crippen molar-refractivity contribution in [2.24, 2.45) is 0 Å². The molecule has 0 saturated heterocycles. The lowest BCUT2D eigenvalue weighted by atomic mass is 10.1. The first-order chi connectivity index (χ1) is 13.0. The van der Waals surface area contributed by atoms with E-state index < -0.39 is 5.97 Å². The predicted octanol–water partition coefficient (Wildman–Crippen LogP) is 3.09. The molecule has 0 radical (unpaired) electrons. The lowest BCUT2D eigenvalue weighted by Gasteiger charge is -2.09. The predicted molar refractivity (Wildman–Crippen MR) is 101 cm³/mol. The molecule has 0 aliphatic rings. The zero-order valence-electron chi connectivity index (χ0n) is 15.9. The van der Waals surface area contributed by atoms with Gasteiger partial charge >= 0.3 is 5.97 Å². The summed E-state index contributed by atoms with van der Waals surface area (Å²) >= 11 is 0. The van der Waals surface area contributed by atoms with Crippen LogP contribution in [0.4, 0.5) is 0 Å². The molecule has 2 aromatic rings. The zero-order chi connectivity index (χ0) is 19.6. The summed E-state index contributed by atoms with van der Waals surface area (Å²) in [4.78, 5) is 23.9. The van der Waals surface area contributed by atoms with E-state index in [4.69, 9.17) is 14.2 Å². The van der Waals surface area contributed by atoms with Crippen molar-refractivity contribution in [2.45, 2.75) is 33.1 Å². The second-order valence-electron chi connectivity index (χ2n) is 6.26. The molecule has 0 heterocycles. The fourth-order valence-corrected chi connectivity index (χ4v) is 2.21. The van der Waals surface area contributed by atoms with Crippen LogP contribution in [-0.4, -0.2) is 31.7 Å². The van der Waals surface area contributed by atoms with Crippen molar-refractivity contribution in [3.8, 4) is 5.75 Å². The molecule has 0 aliphatic heterocycles. The fourth-order valence-electron chi connectivity index (χ4n) is 2.21. The molecular formula is C21H25NO5. The average Bonchev–Trinajstić information content (AvgIpc) is 2.69. The number of nitrogens with one attached hydrogen (secondary N) is 1. The van der Waals surface area contributed by atoms with Crippen LogP contribution in [0, 0.1) is 0 Å². The van der Waals surface area contributed by atoms with Gasteiger partial charge in [-0.15, -0.1) is 0 Å². The van der Waals surface area contributed by atoms with Crippen molar-refractivity contribution >= 4 is 11.9 Å². The number of hydrogen-bond acceptors (Lipinski definition) is 5. The van der Waals surface area contributed by atoms with E-state index in [1.54, 1.807) is 19.2 Å². The number of ether oxygens (including phenoxy) is 3. The molecule has 0 unspecified atom stereocenters. The molecule has 144 valence electrons. The highest BCUT2D eigenvalue weighted by molar-refractivity contribution is 5.91. The maximum absolute atomic E-state index is 12.0. The number of carbonyl (C=O) groups excluding carboxylic acids is 2. The second-order valence-corrected chi connectivity index (χ2v) is 6.26. The van der Waals surface area contributed by atoms with Crippen LogP contribution < -0.4 is 10.1 Å². The molecule has 1 N–H and O–H groups in total. The summed E-state index contributed by atoms with van der Waals surface area (Å²) in [5, 5.41) is 2.71. The van der Waals surface area contributed by atoms with E-state index in [0.29, 0.717) is 18.7 Å². The van der Waals surface area contributed by atoms with Gasteiger partial charge in [0, 0.05) is 6.54 Å². The number of methoxy groups -OCH3 is 1. The summed E-state index contributed by atoms with van der Waals surface area (Å²) in [5.41, 5.74) is 2.29. The van der Waals surface area contributed by atoms with Crippen molar-refractivity contribution in [3.05, 3.63) is 65.2 Å². The second kappa shape index (κ2) is 10.3. The van der Waals surface area contributed by atoms with E-state index in [9.17, 15) is 9.59 Å². The Morgan fingerprint density at radius 2 is 1.59 bits per heavy atom. The minimum atomic E-state index is -0.536. The van der Waals surface area contributed by atoms with Gasteiger partial charge in [-0.1, -0.05) is 24.3 Å². The number of rotatable bonds is 9. The van der Waals surface area contributed by atoms with Gasteiger partial charge in [0.05, 0.1) is 25.4 Å². The Morgan fingerprint density at radius 3 is 2.19 bits per heavy atom. The standard InChI is InChI=1S/C21H25NO5/c1-15(2)26-13-17-4-8-18(9-5-17)21(24)27-14-20(23)22-12-16-6-10-19(25-3)11-7-16/h4-11,15H,12-14H2,1-3H3,(H,22,23). The minimum Gasteiger partial charge on any atom is -0.497 e. The Labute approximate surface area is 159 Å². The lowest BCUT2D eigenvalue weighted by Crippen LogP contribution is -2.28. The largest absolute Gasteiger partial charge is 0.497 e. The summed E-state index contributed by atoms with van der Waals surface area (Å²) in [7, 11) is 1.60. The third-order valence-electron chi connectivity index (χ3n) is 3.76. The van der Waals surface area contributed by atoms with Gasteiger partial charge in [0.1, 0.15) is 5.75 Å². The van der Waals surface area contributed by atoms with Gasteiger partial charge in [-0.25, -0.2) is 4.79 Å². The van der Waals surface area contributed by atoms with E-state index in [0.717, 1.165) is 16.9 Å². The zero-order valence-corrected chi connectivity index (χ0v) is 15.9. The van der Waals surface area contributed by atoms with Gasteiger partial charge in [0.2, 0.25) is 0 Å². The van der Waals surface area contributed by atoms with Crippen molar-refractivity contribution in [1.29, 1.82) is 0 Å². The first kappa shape index (κ1) is 20.5. The Balaban J connectivity index is 1.74. The van der Waals surface area contributed by atoms with Gasteiger partial charge < -0.3 is 19.5 Å². The number of hydrogen-bond donors (Lipinski definition) is 1. The monoisotopic (exact) mass is 371 g/mol. The van der Waals surface area contributed by atoms with Crippen LogP contribution in [-0.2, 0) is 27.4 Å². The Kier molecular flexibility index (Phi) is 7.82. The molecule has 0 aliphatic carbocycles. The number of esters is 1. The highest BCUT2D eigenvalue weighted by Gasteiger charge is 2.10. The molecular weight excluding hydrogens is 346 g/mol. The first-order valence-corrected chi connectivity index (χ1v) is 8.75. The molecule has 0 fully saturated rings. The fraction of sp³-hybridized carbons (Fsp3) is 0.333. The van der Waals surface area contributed by atoms with E-state index >= 15 is 0 Å². The van der Waals surface area contributed by atoms with Crippen molar-refractivity contribution in [3.63, 3.8) is 0 Å². The van der Waals surface area contributed by atoms with Crippen molar-refractivity contribution in [1.82, 2.24) is 5.32 Å². The molecule has 6 nitrogen and oxygen atoms in total. The Bertz CT molecular complexity index is 738. The number of carbonyl (C=O) groups is 2. The third-order valence-corrected chi connectivity index (χ3v) is 3.76. The Hall–Kier alpha value is -2.86. The number of benzene rings is 2. The maximum atomic E-state index is 12.0. The first-order valence-electron chi connectivity index (χ1n) is 8.75. The highest BCUT2D eigenvalue weighted by Crippen LogP contribution is 2.11. The molecule has 0 saturated carbocycles. The smallest absolute Gasteiger partial charge is 0.338 e. The number of amides is 1. The quantitative estimate of drug-likeness (QED) is 0.686. The van der Waals surface area contributed by atoms with E-state index in [-0.39, 0.29) is 18.6 Å². The average molecular weight is 371 g/mol. The summed E-state index contributed by atoms with van der Waals surface area (Å²) in [5.74, 6) is -0.146. The Morgan fingerprint density at radius 1 is 0.963 bits per heavy atom. The molecule has 6 heteroatoms. The van der Waals surface area contributed by atoms with Crippen LogP contribution in [0.1, 0.15) is 35.3 Å². The van der Waals surface area contributed by atoms with Crippen LogP contribution in [0.25, 0.3) is 0 Å². The topological polar surface area (TPSA) is 73.9 Å². The van der Waals surface area contributed by atoms with Crippen LogP contribution in [0.5, 0.6) is 5.75 Å². The van der Waals surface area contributed by atoms with Crippen LogP contribution in [0.2, 0.25) is 0 Å². The van der Waals surface area contributed by atoms with E-state index in [1.807, 2.05) is 50.2 Å². The van der Waals surface area contributed by atoms with Crippen molar-refractivity contribution < 1.29 is 23.8 Å². The van der Waals surface area contributed by atoms with Crippen LogP contribution in [0.15, 0.2) is 48.5 Å². The summed E-state index contributed by atoms with van der Waals surface area (Å²) < 4.78 is 15.6. The summed E-state index contributed by atoms with van der Waals surface area (Å²) in [6.07, 6.45) is 0.145. The molecule has 27 heavy (non-hydrogen) atoms. The van der Waals surface area contributed by atoms with Crippen molar-refractivity contribution in [2.75, 3.05) is 13.7 Å². The van der Waals surface area contributed by atoms with E-state index in [2.05, 4.69) is 5.32 Å². The van der Waals surface area contributed by atoms with Gasteiger partial charge in [-0.3, -0.25) is 4.79 Å². The third kappa shape index (κ3) is 7.11. The molecule has 0 spiro atoms. The molecule has 2 rings (SSSR count). The normalized spacial score (nSPS) is 10.5. The van der Waals surface area contributed by atoms with Crippen LogP contribution in [0.3, 0.4) is 0 Å². The summed E-state index contributed by atoms with van der Waals surface area (Å²) in [6.45, 7) is 4.44. The SMILES string of the molecule is COc1ccc(CNC(=O)COC(=O)c2ccc(COC(C)C)cc2)cc1. The van der Waals surface area contributed by atoms with Crippen LogP contribution >= 0.6 is 0 Å². The van der Waals surface area contributed by atoms with Gasteiger partial charge in [0.15, 0.2) is 6.61 Å². The maximum Gasteiger partial charge on any atom is 0.338 e. The van der Waals surface area contributed by atoms with Gasteiger partial charge in [-0.2, -0.15) is 0 Å². The lowest BCUT2D eigenvalue weighted by molar-refractivity contribution is -0.124. The highest BCUT2D eigenvalue weighted by atomic mass is 16.5.